The van der Waals surface area contributed by atoms with E-state index < -0.39 is 0 Å². The van der Waals surface area contributed by atoms with Crippen LogP contribution in [0.1, 0.15) is 57.1 Å². The van der Waals surface area contributed by atoms with Gasteiger partial charge < -0.3 is 5.11 Å². The summed E-state index contributed by atoms with van der Waals surface area (Å²) in [6.45, 7) is 4.20. The van der Waals surface area contributed by atoms with E-state index >= 15 is 0 Å². The van der Waals surface area contributed by atoms with E-state index in [4.69, 9.17) is 0 Å². The van der Waals surface area contributed by atoms with Gasteiger partial charge in [-0.25, -0.2) is 0 Å². The average Bonchev–Trinajstić information content (AvgIpc) is 2.75. The van der Waals surface area contributed by atoms with Gasteiger partial charge in [-0.2, -0.15) is 0 Å². The number of hydrogen-bond acceptors (Lipinski definition) is 2. The van der Waals surface area contributed by atoms with Gasteiger partial charge in [-0.05, 0) is 60.6 Å². The molecule has 0 radical (unpaired) electrons. The van der Waals surface area contributed by atoms with Crippen LogP contribution in [0.25, 0.3) is 5.57 Å². The first kappa shape index (κ1) is 13.4. The van der Waals surface area contributed by atoms with Crippen LogP contribution in [0, 0.1) is 5.41 Å². The van der Waals surface area contributed by atoms with E-state index in [2.05, 4.69) is 6.92 Å². The highest BCUT2D eigenvalue weighted by Crippen LogP contribution is 2.56. The van der Waals surface area contributed by atoms with Crippen LogP contribution >= 0.6 is 0 Å². The number of fused-ring (bicyclic) bond motifs is 3. The van der Waals surface area contributed by atoms with Crippen LogP contribution in [0.3, 0.4) is 0 Å². The number of allylic oxidation sites excluding steroid dienone is 2. The Morgan fingerprint density at radius 3 is 2.90 bits per heavy atom. The first-order chi connectivity index (χ1) is 9.57. The smallest absolute Gasteiger partial charge is 0.158 e. The molecule has 1 aromatic carbocycles. The molecule has 1 N–H and O–H groups in total. The molecule has 106 valence electrons. The molecule has 0 bridgehead atoms. The largest absolute Gasteiger partial charge is 0.508 e. The van der Waals surface area contributed by atoms with Crippen LogP contribution < -0.4 is 0 Å². The number of Topliss-reactive ketones (excluding diaryl/α,β-unsaturated/α-hetero) is 1. The summed E-state index contributed by atoms with van der Waals surface area (Å²) >= 11 is 0. The Morgan fingerprint density at radius 1 is 1.35 bits per heavy atom. The number of phenolic OH excluding ortho intramolecular Hbond substituents is 1. The zero-order valence-corrected chi connectivity index (χ0v) is 12.3. The quantitative estimate of drug-likeness (QED) is 0.891. The van der Waals surface area contributed by atoms with Crippen molar-refractivity contribution in [1.82, 2.24) is 0 Å². The zero-order valence-electron chi connectivity index (χ0n) is 12.3. The predicted octanol–water partition coefficient (Wildman–Crippen LogP) is 4.26. The summed E-state index contributed by atoms with van der Waals surface area (Å²) in [6.07, 6.45) is 6.16. The van der Waals surface area contributed by atoms with Gasteiger partial charge in [0, 0.05) is 11.8 Å². The Labute approximate surface area is 120 Å². The van der Waals surface area contributed by atoms with Gasteiger partial charge in [0.15, 0.2) is 5.78 Å². The van der Waals surface area contributed by atoms with Gasteiger partial charge in [0.05, 0.1) is 0 Å². The van der Waals surface area contributed by atoms with Gasteiger partial charge >= 0.3 is 0 Å². The Kier molecular flexibility index (Phi) is 3.19. The van der Waals surface area contributed by atoms with Crippen LogP contribution in [-0.4, -0.2) is 10.9 Å². The molecule has 0 saturated heterocycles. The van der Waals surface area contributed by atoms with E-state index in [0.717, 1.165) is 24.8 Å². The second kappa shape index (κ2) is 4.76. The summed E-state index contributed by atoms with van der Waals surface area (Å²) < 4.78 is 0. The number of carbonyl (C=O) groups is 1. The molecule has 0 heterocycles. The van der Waals surface area contributed by atoms with E-state index in [1.54, 1.807) is 6.07 Å². The molecule has 1 atom stereocenters. The summed E-state index contributed by atoms with van der Waals surface area (Å²) in [5.74, 6) is 0.630. The second-order valence-corrected chi connectivity index (χ2v) is 6.33. The lowest BCUT2D eigenvalue weighted by atomic mass is 9.67. The molecule has 0 aromatic heterocycles. The fourth-order valence-corrected chi connectivity index (χ4v) is 4.06. The fourth-order valence-electron chi connectivity index (χ4n) is 4.06. The van der Waals surface area contributed by atoms with Crippen LogP contribution in [0.5, 0.6) is 5.75 Å². The summed E-state index contributed by atoms with van der Waals surface area (Å²) in [5, 5.41) is 9.72. The van der Waals surface area contributed by atoms with Crippen molar-refractivity contribution in [3.05, 3.63) is 34.9 Å². The summed E-state index contributed by atoms with van der Waals surface area (Å²) in [5.41, 5.74) is 4.79. The molecule has 0 aliphatic heterocycles. The number of unbranched alkanes of at least 4 members (excludes halogenated alkanes) is 1. The van der Waals surface area contributed by atoms with Crippen molar-refractivity contribution in [2.24, 2.45) is 5.41 Å². The Hall–Kier alpha value is -1.57. The standard InChI is InChI=1S/C18H22O2/c1-3-4-8-18-9-7-16(20)12(2)17(18)15-6-5-14(19)10-13(15)11-18/h5-6,10,19H,3-4,7-9,11H2,1-2H3/t18-/m1/s1. The molecule has 2 heteroatoms. The van der Waals surface area contributed by atoms with Crippen molar-refractivity contribution in [2.75, 3.05) is 0 Å². The molecule has 0 saturated carbocycles. The average molecular weight is 270 g/mol. The van der Waals surface area contributed by atoms with Gasteiger partial charge in [0.2, 0.25) is 0 Å². The highest BCUT2D eigenvalue weighted by atomic mass is 16.3. The molecule has 0 amide bonds. The summed E-state index contributed by atoms with van der Waals surface area (Å²) in [4.78, 5) is 12.1. The minimum absolute atomic E-state index is 0.143. The molecule has 0 unspecified atom stereocenters. The maximum absolute atomic E-state index is 12.1. The molecule has 0 spiro atoms. The Bertz CT molecular complexity index is 597. The minimum Gasteiger partial charge on any atom is -0.508 e. The third-order valence-electron chi connectivity index (χ3n) is 5.05. The number of phenols is 1. The Balaban J connectivity index is 2.14. The number of hydrogen-bond donors (Lipinski definition) is 1. The van der Waals surface area contributed by atoms with Gasteiger partial charge in [0.25, 0.3) is 0 Å². The number of carbonyl (C=O) groups excluding carboxylic acids is 1. The third-order valence-corrected chi connectivity index (χ3v) is 5.05. The molecule has 20 heavy (non-hydrogen) atoms. The summed E-state index contributed by atoms with van der Waals surface area (Å²) in [6, 6.07) is 5.62. The van der Waals surface area contributed by atoms with Gasteiger partial charge in [-0.15, -0.1) is 0 Å². The predicted molar refractivity (Wildman–Crippen MR) is 80.6 cm³/mol. The lowest BCUT2D eigenvalue weighted by Crippen LogP contribution is -2.28. The monoisotopic (exact) mass is 270 g/mol. The van der Waals surface area contributed by atoms with E-state index in [0.29, 0.717) is 18.0 Å². The van der Waals surface area contributed by atoms with Crippen molar-refractivity contribution in [3.8, 4) is 5.75 Å². The van der Waals surface area contributed by atoms with E-state index in [9.17, 15) is 9.90 Å². The van der Waals surface area contributed by atoms with Crippen LogP contribution in [-0.2, 0) is 11.2 Å². The molecule has 1 aromatic rings. The highest BCUT2D eigenvalue weighted by molar-refractivity contribution is 6.06. The van der Waals surface area contributed by atoms with E-state index in [-0.39, 0.29) is 5.41 Å². The van der Waals surface area contributed by atoms with Gasteiger partial charge in [-0.3, -0.25) is 4.79 Å². The highest BCUT2D eigenvalue weighted by Gasteiger charge is 2.45. The number of benzene rings is 1. The van der Waals surface area contributed by atoms with Crippen LogP contribution in [0.4, 0.5) is 0 Å². The third kappa shape index (κ3) is 1.90. The summed E-state index contributed by atoms with van der Waals surface area (Å²) in [7, 11) is 0. The maximum atomic E-state index is 12.1. The molecule has 0 fully saturated rings. The lowest BCUT2D eigenvalue weighted by Gasteiger charge is -2.36. The normalized spacial score (nSPS) is 24.8. The molecular weight excluding hydrogens is 248 g/mol. The number of rotatable bonds is 3. The van der Waals surface area contributed by atoms with Crippen LogP contribution in [0.15, 0.2) is 23.8 Å². The maximum Gasteiger partial charge on any atom is 0.158 e. The van der Waals surface area contributed by atoms with Crippen LogP contribution in [0.2, 0.25) is 0 Å². The molecule has 3 rings (SSSR count). The fraction of sp³-hybridized carbons (Fsp3) is 0.500. The van der Waals surface area contributed by atoms with Crippen molar-refractivity contribution >= 4 is 11.4 Å². The van der Waals surface area contributed by atoms with Crippen molar-refractivity contribution in [1.29, 1.82) is 0 Å². The second-order valence-electron chi connectivity index (χ2n) is 6.33. The number of aromatic hydroxyl groups is 1. The molecule has 2 aliphatic carbocycles. The van der Waals surface area contributed by atoms with Crippen molar-refractivity contribution < 1.29 is 9.90 Å². The van der Waals surface area contributed by atoms with Crippen molar-refractivity contribution in [2.45, 2.75) is 52.4 Å². The van der Waals surface area contributed by atoms with Crippen molar-refractivity contribution in [3.63, 3.8) is 0 Å². The Morgan fingerprint density at radius 2 is 2.15 bits per heavy atom. The zero-order chi connectivity index (χ0) is 14.3. The first-order valence-corrected chi connectivity index (χ1v) is 7.64. The lowest BCUT2D eigenvalue weighted by molar-refractivity contribution is -0.116. The topological polar surface area (TPSA) is 37.3 Å². The van der Waals surface area contributed by atoms with Gasteiger partial charge in [0.1, 0.15) is 5.75 Å². The minimum atomic E-state index is 0.143. The van der Waals surface area contributed by atoms with Gasteiger partial charge in [-0.1, -0.05) is 25.8 Å². The van der Waals surface area contributed by atoms with E-state index in [1.807, 2.05) is 19.1 Å². The SMILES string of the molecule is CCCC[C@]12CCC(=O)C(C)=C1c1ccc(O)cc1C2. The molecular formula is C18H22O2. The van der Waals surface area contributed by atoms with E-state index in [1.165, 1.54) is 29.5 Å². The molecule has 2 aliphatic rings. The number of ketones is 1. The molecule has 2 nitrogen and oxygen atoms in total. The first-order valence-electron chi connectivity index (χ1n) is 7.64.